The molecule has 8 heteroatoms. The number of hydrogen-bond acceptors (Lipinski definition) is 5. The van der Waals surface area contributed by atoms with E-state index in [1.807, 2.05) is 11.9 Å². The van der Waals surface area contributed by atoms with Crippen LogP contribution in [-0.4, -0.2) is 51.8 Å². The van der Waals surface area contributed by atoms with Gasteiger partial charge >= 0.3 is 0 Å². The highest BCUT2D eigenvalue weighted by Crippen LogP contribution is 2.36. The van der Waals surface area contributed by atoms with Crippen molar-refractivity contribution in [1.29, 1.82) is 0 Å². The van der Waals surface area contributed by atoms with Crippen LogP contribution in [0.5, 0.6) is 0 Å². The maximum Gasteiger partial charge on any atom is 0.293 e. The van der Waals surface area contributed by atoms with E-state index in [0.29, 0.717) is 24.3 Å². The van der Waals surface area contributed by atoms with Gasteiger partial charge in [0, 0.05) is 61.7 Å². The van der Waals surface area contributed by atoms with Gasteiger partial charge in [-0.25, -0.2) is 4.39 Å². The second kappa shape index (κ2) is 6.44. The molecule has 0 saturated carbocycles. The Morgan fingerprint density at radius 1 is 1.24 bits per heavy atom. The summed E-state index contributed by atoms with van der Waals surface area (Å²) < 4.78 is 16.3. The third-order valence-electron chi connectivity index (χ3n) is 4.98. The largest absolute Gasteiger partial charge is 0.363 e. The molecule has 1 fully saturated rings. The van der Waals surface area contributed by atoms with Crippen LogP contribution in [-0.2, 0) is 7.05 Å². The van der Waals surface area contributed by atoms with Crippen molar-refractivity contribution in [3.63, 3.8) is 0 Å². The SMILES string of the molecule is CC1CN(c2cc(F)c(-c3cnn(C)c3)cc2[N+](=O)[O-])CC(C)N1C. The molecule has 0 bridgehead atoms. The van der Waals surface area contributed by atoms with Crippen molar-refractivity contribution >= 4 is 11.4 Å². The molecule has 0 amide bonds. The van der Waals surface area contributed by atoms with E-state index in [9.17, 15) is 14.5 Å². The van der Waals surface area contributed by atoms with Crippen LogP contribution in [0, 0.1) is 15.9 Å². The monoisotopic (exact) mass is 347 g/mol. The van der Waals surface area contributed by atoms with E-state index in [-0.39, 0.29) is 23.3 Å². The molecule has 0 spiro atoms. The lowest BCUT2D eigenvalue weighted by Gasteiger charge is -2.43. The molecule has 2 unspecified atom stereocenters. The first-order valence-corrected chi connectivity index (χ1v) is 8.21. The standard InChI is InChI=1S/C17H22FN5O2/c1-11-8-22(9-12(2)21(11)4)16-6-15(18)14(5-17(16)23(24)25)13-7-19-20(3)10-13/h5-7,10-12H,8-9H2,1-4H3. The van der Waals surface area contributed by atoms with E-state index >= 15 is 0 Å². The highest BCUT2D eigenvalue weighted by atomic mass is 19.1. The Morgan fingerprint density at radius 2 is 1.88 bits per heavy atom. The van der Waals surface area contributed by atoms with Crippen molar-refractivity contribution in [3.8, 4) is 11.1 Å². The molecule has 1 aromatic heterocycles. The summed E-state index contributed by atoms with van der Waals surface area (Å²) in [6.45, 7) is 5.37. The van der Waals surface area contributed by atoms with Gasteiger partial charge < -0.3 is 4.90 Å². The van der Waals surface area contributed by atoms with Crippen LogP contribution in [0.4, 0.5) is 15.8 Å². The third kappa shape index (κ3) is 3.21. The smallest absolute Gasteiger partial charge is 0.293 e. The molecule has 7 nitrogen and oxygen atoms in total. The number of halogens is 1. The molecule has 1 saturated heterocycles. The maximum atomic E-state index is 14.7. The molecule has 25 heavy (non-hydrogen) atoms. The molecule has 3 rings (SSSR count). The zero-order valence-corrected chi connectivity index (χ0v) is 14.8. The van der Waals surface area contributed by atoms with Gasteiger partial charge in [0.1, 0.15) is 11.5 Å². The average Bonchev–Trinajstić information content (AvgIpc) is 2.97. The first-order valence-electron chi connectivity index (χ1n) is 8.21. The quantitative estimate of drug-likeness (QED) is 0.631. The Kier molecular flexibility index (Phi) is 4.47. The molecule has 0 aliphatic carbocycles. The number of rotatable bonds is 3. The minimum absolute atomic E-state index is 0.0794. The molecular formula is C17H22FN5O2. The van der Waals surface area contributed by atoms with Gasteiger partial charge in [-0.1, -0.05) is 0 Å². The summed E-state index contributed by atoms with van der Waals surface area (Å²) in [6, 6.07) is 3.05. The third-order valence-corrected chi connectivity index (χ3v) is 4.98. The van der Waals surface area contributed by atoms with Gasteiger partial charge in [0.05, 0.1) is 11.1 Å². The number of nitrogens with zero attached hydrogens (tertiary/aromatic N) is 5. The Labute approximate surface area is 145 Å². The van der Waals surface area contributed by atoms with Crippen LogP contribution in [0.25, 0.3) is 11.1 Å². The van der Waals surface area contributed by atoms with Gasteiger partial charge in [0.2, 0.25) is 0 Å². The summed E-state index contributed by atoms with van der Waals surface area (Å²) in [7, 11) is 3.75. The number of nitro groups is 1. The van der Waals surface area contributed by atoms with Gasteiger partial charge in [-0.3, -0.25) is 19.7 Å². The van der Waals surface area contributed by atoms with Crippen LogP contribution in [0.15, 0.2) is 24.5 Å². The Bertz CT molecular complexity index is 794. The van der Waals surface area contributed by atoms with Gasteiger partial charge in [0.15, 0.2) is 0 Å². The lowest BCUT2D eigenvalue weighted by atomic mass is 10.0. The lowest BCUT2D eigenvalue weighted by Crippen LogP contribution is -2.55. The zero-order valence-electron chi connectivity index (χ0n) is 14.8. The molecule has 0 radical (unpaired) electrons. The highest BCUT2D eigenvalue weighted by molar-refractivity contribution is 5.74. The van der Waals surface area contributed by atoms with Crippen molar-refractivity contribution in [2.75, 3.05) is 25.0 Å². The number of benzene rings is 1. The maximum absolute atomic E-state index is 14.7. The summed E-state index contributed by atoms with van der Waals surface area (Å²) in [5.74, 6) is -0.479. The van der Waals surface area contributed by atoms with Gasteiger partial charge in [-0.05, 0) is 20.9 Å². The Balaban J connectivity index is 2.05. The van der Waals surface area contributed by atoms with Gasteiger partial charge in [-0.15, -0.1) is 0 Å². The van der Waals surface area contributed by atoms with Crippen molar-refractivity contribution in [2.24, 2.45) is 7.05 Å². The molecule has 2 heterocycles. The van der Waals surface area contributed by atoms with E-state index in [0.717, 1.165) is 0 Å². The molecule has 134 valence electrons. The summed E-state index contributed by atoms with van der Waals surface area (Å²) in [6.07, 6.45) is 3.14. The molecule has 0 N–H and O–H groups in total. The molecule has 2 aromatic rings. The molecule has 1 aromatic carbocycles. The zero-order chi connectivity index (χ0) is 18.3. The predicted molar refractivity (Wildman–Crippen MR) is 94.2 cm³/mol. The average molecular weight is 347 g/mol. The molecular weight excluding hydrogens is 325 g/mol. The van der Waals surface area contributed by atoms with Crippen molar-refractivity contribution in [3.05, 3.63) is 40.5 Å². The second-order valence-electron chi connectivity index (χ2n) is 6.75. The van der Waals surface area contributed by atoms with Crippen molar-refractivity contribution in [1.82, 2.24) is 14.7 Å². The minimum Gasteiger partial charge on any atom is -0.363 e. The van der Waals surface area contributed by atoms with Crippen LogP contribution in [0.2, 0.25) is 0 Å². The van der Waals surface area contributed by atoms with E-state index in [1.165, 1.54) is 18.3 Å². The van der Waals surface area contributed by atoms with E-state index in [1.54, 1.807) is 17.9 Å². The number of aryl methyl sites for hydroxylation is 1. The van der Waals surface area contributed by atoms with Gasteiger partial charge in [0.25, 0.3) is 5.69 Å². The number of nitro benzene ring substituents is 1. The molecule has 2 atom stereocenters. The van der Waals surface area contributed by atoms with Crippen LogP contribution in [0.3, 0.4) is 0 Å². The van der Waals surface area contributed by atoms with E-state index < -0.39 is 10.7 Å². The van der Waals surface area contributed by atoms with Crippen molar-refractivity contribution in [2.45, 2.75) is 25.9 Å². The minimum atomic E-state index is -0.479. The number of anilines is 1. The fourth-order valence-corrected chi connectivity index (χ4v) is 3.33. The summed E-state index contributed by atoms with van der Waals surface area (Å²) >= 11 is 0. The van der Waals surface area contributed by atoms with Gasteiger partial charge in [-0.2, -0.15) is 5.10 Å². The lowest BCUT2D eigenvalue weighted by molar-refractivity contribution is -0.384. The topological polar surface area (TPSA) is 67.4 Å². The van der Waals surface area contributed by atoms with Crippen LogP contribution >= 0.6 is 0 Å². The molecule has 1 aliphatic rings. The predicted octanol–water partition coefficient (Wildman–Crippen LogP) is 2.66. The summed E-state index contributed by atoms with van der Waals surface area (Å²) in [5.41, 5.74) is 0.972. The Morgan fingerprint density at radius 3 is 2.40 bits per heavy atom. The number of aromatic nitrogens is 2. The number of piperazine rings is 1. The highest BCUT2D eigenvalue weighted by Gasteiger charge is 2.31. The number of likely N-dealkylation sites (N-methyl/N-ethyl adjacent to an activating group) is 1. The van der Waals surface area contributed by atoms with Crippen molar-refractivity contribution < 1.29 is 9.31 Å². The summed E-state index contributed by atoms with van der Waals surface area (Å²) in [4.78, 5) is 15.3. The number of hydrogen-bond donors (Lipinski definition) is 0. The summed E-state index contributed by atoms with van der Waals surface area (Å²) in [5, 5.41) is 15.6. The first-order chi connectivity index (χ1) is 11.8. The fourth-order valence-electron chi connectivity index (χ4n) is 3.33. The van der Waals surface area contributed by atoms with E-state index in [2.05, 4.69) is 23.8 Å². The first kappa shape index (κ1) is 17.3. The van der Waals surface area contributed by atoms with Crippen LogP contribution < -0.4 is 4.90 Å². The normalized spacial score (nSPS) is 21.6. The molecule has 1 aliphatic heterocycles. The van der Waals surface area contributed by atoms with E-state index in [4.69, 9.17) is 0 Å². The Hall–Kier alpha value is -2.48. The second-order valence-corrected chi connectivity index (χ2v) is 6.75. The van der Waals surface area contributed by atoms with Crippen LogP contribution in [0.1, 0.15) is 13.8 Å². The fraction of sp³-hybridized carbons (Fsp3) is 0.471.